The average molecular weight is 207 g/mol. The fraction of sp³-hybridized carbons (Fsp3) is 0.125. The molecule has 1 rings (SSSR count). The highest BCUT2D eigenvalue weighted by Gasteiger charge is 2.25. The summed E-state index contributed by atoms with van der Waals surface area (Å²) in [7, 11) is 0. The standard InChI is InChI=1S/C8H5N3O4/c1-5-7(10(12)13)3-2-6(4-9)8(5)11(14)15/h2-3H,1H3. The number of hydrogen-bond donors (Lipinski definition) is 0. The van der Waals surface area contributed by atoms with E-state index in [4.69, 9.17) is 5.26 Å². The zero-order valence-corrected chi connectivity index (χ0v) is 7.63. The number of nitrogens with zero attached hydrogens (tertiary/aromatic N) is 3. The third-order valence-electron chi connectivity index (χ3n) is 1.90. The van der Waals surface area contributed by atoms with Gasteiger partial charge in [0.1, 0.15) is 17.2 Å². The number of nitriles is 1. The van der Waals surface area contributed by atoms with Crippen LogP contribution in [0.4, 0.5) is 11.4 Å². The molecule has 1 aromatic rings. The van der Waals surface area contributed by atoms with Crippen molar-refractivity contribution in [2.45, 2.75) is 6.92 Å². The van der Waals surface area contributed by atoms with Gasteiger partial charge in [0.2, 0.25) is 0 Å². The van der Waals surface area contributed by atoms with Crippen LogP contribution in [-0.2, 0) is 0 Å². The first-order valence-electron chi connectivity index (χ1n) is 3.81. The Labute approximate surface area is 83.9 Å². The quantitative estimate of drug-likeness (QED) is 0.541. The summed E-state index contributed by atoms with van der Waals surface area (Å²) in [4.78, 5) is 19.6. The summed E-state index contributed by atoms with van der Waals surface area (Å²) in [6, 6.07) is 3.78. The molecular weight excluding hydrogens is 202 g/mol. The first-order valence-corrected chi connectivity index (χ1v) is 3.81. The van der Waals surface area contributed by atoms with Crippen LogP contribution in [-0.4, -0.2) is 9.85 Å². The van der Waals surface area contributed by atoms with Crippen LogP contribution in [0, 0.1) is 38.5 Å². The second-order valence-electron chi connectivity index (χ2n) is 2.73. The van der Waals surface area contributed by atoms with Crippen LogP contribution >= 0.6 is 0 Å². The first kappa shape index (κ1) is 10.6. The smallest absolute Gasteiger partial charge is 0.258 e. The lowest BCUT2D eigenvalue weighted by atomic mass is 10.1. The van der Waals surface area contributed by atoms with Crippen molar-refractivity contribution < 1.29 is 9.85 Å². The molecule has 0 amide bonds. The monoisotopic (exact) mass is 207 g/mol. The minimum atomic E-state index is -0.791. The molecular formula is C8H5N3O4. The van der Waals surface area contributed by atoms with Gasteiger partial charge in [-0.25, -0.2) is 0 Å². The molecule has 0 spiro atoms. The van der Waals surface area contributed by atoms with Crippen molar-refractivity contribution in [3.05, 3.63) is 43.5 Å². The van der Waals surface area contributed by atoms with Gasteiger partial charge in [0.15, 0.2) is 0 Å². The Hall–Kier alpha value is -2.49. The second-order valence-corrected chi connectivity index (χ2v) is 2.73. The molecule has 7 heteroatoms. The van der Waals surface area contributed by atoms with Crippen molar-refractivity contribution in [2.24, 2.45) is 0 Å². The maximum atomic E-state index is 10.6. The van der Waals surface area contributed by atoms with E-state index in [0.717, 1.165) is 12.1 Å². The Morgan fingerprint density at radius 3 is 2.27 bits per heavy atom. The molecule has 15 heavy (non-hydrogen) atoms. The summed E-state index contributed by atoms with van der Waals surface area (Å²) < 4.78 is 0. The fourth-order valence-corrected chi connectivity index (χ4v) is 1.21. The molecule has 76 valence electrons. The minimum Gasteiger partial charge on any atom is -0.258 e. The van der Waals surface area contributed by atoms with Gasteiger partial charge >= 0.3 is 0 Å². The number of hydrogen-bond acceptors (Lipinski definition) is 5. The molecule has 0 saturated carbocycles. The first-order chi connectivity index (χ1) is 6.99. The maximum absolute atomic E-state index is 10.6. The van der Waals surface area contributed by atoms with Gasteiger partial charge in [-0.3, -0.25) is 20.2 Å². The highest BCUT2D eigenvalue weighted by Crippen LogP contribution is 2.30. The van der Waals surface area contributed by atoms with Crippen LogP contribution in [0.15, 0.2) is 12.1 Å². The Morgan fingerprint density at radius 1 is 1.27 bits per heavy atom. The zero-order chi connectivity index (χ0) is 11.6. The van der Waals surface area contributed by atoms with Gasteiger partial charge in [0, 0.05) is 6.07 Å². The van der Waals surface area contributed by atoms with Crippen LogP contribution in [0.25, 0.3) is 0 Å². The van der Waals surface area contributed by atoms with E-state index in [2.05, 4.69) is 0 Å². The van der Waals surface area contributed by atoms with Crippen LogP contribution in [0.5, 0.6) is 0 Å². The molecule has 0 saturated heterocycles. The van der Waals surface area contributed by atoms with E-state index < -0.39 is 15.5 Å². The van der Waals surface area contributed by atoms with E-state index in [0.29, 0.717) is 0 Å². The highest BCUT2D eigenvalue weighted by atomic mass is 16.6. The molecule has 0 bridgehead atoms. The lowest BCUT2D eigenvalue weighted by Crippen LogP contribution is -1.99. The normalized spacial score (nSPS) is 9.33. The number of nitro benzene ring substituents is 2. The predicted molar refractivity (Wildman–Crippen MR) is 49.2 cm³/mol. The summed E-state index contributed by atoms with van der Waals surface area (Å²) in [6.45, 7) is 1.25. The van der Waals surface area contributed by atoms with E-state index in [1.54, 1.807) is 6.07 Å². The van der Waals surface area contributed by atoms with Crippen LogP contribution in [0.2, 0.25) is 0 Å². The van der Waals surface area contributed by atoms with Crippen LogP contribution < -0.4 is 0 Å². The molecule has 0 unspecified atom stereocenters. The van der Waals surface area contributed by atoms with Crippen molar-refractivity contribution in [1.29, 1.82) is 5.26 Å². The van der Waals surface area contributed by atoms with Crippen LogP contribution in [0.1, 0.15) is 11.1 Å². The minimum absolute atomic E-state index is 0.107. The SMILES string of the molecule is Cc1c([N+](=O)[O-])ccc(C#N)c1[N+](=O)[O-]. The molecule has 0 heterocycles. The third-order valence-corrected chi connectivity index (χ3v) is 1.90. The van der Waals surface area contributed by atoms with Gasteiger partial charge in [-0.2, -0.15) is 5.26 Å². The summed E-state index contributed by atoms with van der Waals surface area (Å²) >= 11 is 0. The van der Waals surface area contributed by atoms with Crippen molar-refractivity contribution in [3.63, 3.8) is 0 Å². The topological polar surface area (TPSA) is 110 Å². The van der Waals surface area contributed by atoms with Crippen LogP contribution in [0.3, 0.4) is 0 Å². The summed E-state index contributed by atoms with van der Waals surface area (Å²) in [5, 5.41) is 29.7. The average Bonchev–Trinajstić information content (AvgIpc) is 2.15. The lowest BCUT2D eigenvalue weighted by Gasteiger charge is -1.99. The molecule has 0 aliphatic carbocycles. The summed E-state index contributed by atoms with van der Waals surface area (Å²) in [5.74, 6) is 0. The molecule has 1 aromatic carbocycles. The lowest BCUT2D eigenvalue weighted by molar-refractivity contribution is -0.395. The fourth-order valence-electron chi connectivity index (χ4n) is 1.21. The molecule has 0 aliphatic rings. The molecule has 0 aliphatic heterocycles. The number of nitro groups is 2. The molecule has 0 atom stereocenters. The Kier molecular flexibility index (Phi) is 2.62. The maximum Gasteiger partial charge on any atom is 0.296 e. The molecule has 0 fully saturated rings. The van der Waals surface area contributed by atoms with Gasteiger partial charge in [-0.15, -0.1) is 0 Å². The summed E-state index contributed by atoms with van der Waals surface area (Å²) in [6.07, 6.45) is 0. The van der Waals surface area contributed by atoms with Gasteiger partial charge < -0.3 is 0 Å². The third kappa shape index (κ3) is 1.73. The van der Waals surface area contributed by atoms with Crippen molar-refractivity contribution >= 4 is 11.4 Å². The Morgan fingerprint density at radius 2 is 1.87 bits per heavy atom. The molecule has 0 radical (unpaired) electrons. The van der Waals surface area contributed by atoms with E-state index in [9.17, 15) is 20.2 Å². The molecule has 7 nitrogen and oxygen atoms in total. The van der Waals surface area contributed by atoms with Crippen molar-refractivity contribution in [3.8, 4) is 6.07 Å². The number of rotatable bonds is 2. The molecule has 0 aromatic heterocycles. The van der Waals surface area contributed by atoms with Gasteiger partial charge in [0.25, 0.3) is 11.4 Å². The van der Waals surface area contributed by atoms with E-state index in [1.807, 2.05) is 0 Å². The largest absolute Gasteiger partial charge is 0.296 e. The zero-order valence-electron chi connectivity index (χ0n) is 7.63. The Balaban J connectivity index is 3.58. The van der Waals surface area contributed by atoms with Gasteiger partial charge in [0.05, 0.1) is 9.85 Å². The van der Waals surface area contributed by atoms with Gasteiger partial charge in [-0.05, 0) is 13.0 Å². The van der Waals surface area contributed by atoms with Gasteiger partial charge in [-0.1, -0.05) is 0 Å². The van der Waals surface area contributed by atoms with Crippen molar-refractivity contribution in [1.82, 2.24) is 0 Å². The Bertz CT molecular complexity index is 489. The number of benzene rings is 1. The van der Waals surface area contributed by atoms with Crippen molar-refractivity contribution in [2.75, 3.05) is 0 Å². The molecule has 0 N–H and O–H groups in total. The van der Waals surface area contributed by atoms with E-state index in [-0.39, 0.29) is 16.8 Å². The second kappa shape index (κ2) is 3.71. The highest BCUT2D eigenvalue weighted by molar-refractivity contribution is 5.61. The van der Waals surface area contributed by atoms with E-state index >= 15 is 0 Å². The van der Waals surface area contributed by atoms with E-state index in [1.165, 1.54) is 6.92 Å². The summed E-state index contributed by atoms with van der Waals surface area (Å²) in [5.41, 5.74) is -1.15. The predicted octanol–water partition coefficient (Wildman–Crippen LogP) is 1.68.